The van der Waals surface area contributed by atoms with Crippen molar-refractivity contribution in [1.82, 2.24) is 14.8 Å². The molecule has 6 nitrogen and oxygen atoms in total. The third-order valence-corrected chi connectivity index (χ3v) is 3.48. The fourth-order valence-corrected chi connectivity index (χ4v) is 2.27. The Bertz CT molecular complexity index is 850. The predicted octanol–water partition coefficient (Wildman–Crippen LogP) is 2.73. The number of halogens is 1. The SMILES string of the molecule is COc1ccc(C(=O)Nc2ccccc2Cn2cncn2)cc1F. The Hall–Kier alpha value is -3.22. The quantitative estimate of drug-likeness (QED) is 0.783. The number of methoxy groups -OCH3 is 1. The topological polar surface area (TPSA) is 69.0 Å². The maximum atomic E-state index is 13.8. The number of carbonyl (C=O) groups excluding carboxylic acids is 1. The number of anilines is 1. The number of hydrogen-bond donors (Lipinski definition) is 1. The number of nitrogens with one attached hydrogen (secondary N) is 1. The number of benzene rings is 2. The van der Waals surface area contributed by atoms with Crippen LogP contribution in [0.25, 0.3) is 0 Å². The van der Waals surface area contributed by atoms with Gasteiger partial charge in [-0.1, -0.05) is 18.2 Å². The number of amides is 1. The predicted molar refractivity (Wildman–Crippen MR) is 86.5 cm³/mol. The van der Waals surface area contributed by atoms with Gasteiger partial charge in [0.25, 0.3) is 5.91 Å². The summed E-state index contributed by atoms with van der Waals surface area (Å²) in [5.74, 6) is -0.887. The minimum Gasteiger partial charge on any atom is -0.494 e. The van der Waals surface area contributed by atoms with E-state index in [1.54, 1.807) is 17.1 Å². The first-order valence-corrected chi connectivity index (χ1v) is 7.22. The van der Waals surface area contributed by atoms with Gasteiger partial charge in [-0.05, 0) is 29.8 Å². The maximum absolute atomic E-state index is 13.8. The summed E-state index contributed by atoms with van der Waals surface area (Å²) in [7, 11) is 1.37. The lowest BCUT2D eigenvalue weighted by Gasteiger charge is -2.11. The van der Waals surface area contributed by atoms with E-state index in [0.29, 0.717) is 12.2 Å². The van der Waals surface area contributed by atoms with Crippen LogP contribution in [0.1, 0.15) is 15.9 Å². The van der Waals surface area contributed by atoms with Gasteiger partial charge in [-0.2, -0.15) is 5.10 Å². The van der Waals surface area contributed by atoms with Crippen molar-refractivity contribution in [3.63, 3.8) is 0 Å². The van der Waals surface area contributed by atoms with Crippen LogP contribution in [-0.2, 0) is 6.54 Å². The van der Waals surface area contributed by atoms with Crippen LogP contribution in [0.2, 0.25) is 0 Å². The lowest BCUT2D eigenvalue weighted by Crippen LogP contribution is -2.14. The van der Waals surface area contributed by atoms with Gasteiger partial charge in [-0.25, -0.2) is 14.1 Å². The van der Waals surface area contributed by atoms with Crippen molar-refractivity contribution in [2.45, 2.75) is 6.54 Å². The molecule has 0 aliphatic heterocycles. The van der Waals surface area contributed by atoms with Crippen LogP contribution in [0.15, 0.2) is 55.1 Å². The second kappa shape index (κ2) is 6.91. The molecule has 7 heteroatoms. The number of ether oxygens (including phenoxy) is 1. The molecule has 1 amide bonds. The minimum absolute atomic E-state index is 0.0955. The monoisotopic (exact) mass is 326 g/mol. The molecular formula is C17H15FN4O2. The molecular weight excluding hydrogens is 311 g/mol. The van der Waals surface area contributed by atoms with E-state index in [1.807, 2.05) is 18.2 Å². The Morgan fingerprint density at radius 3 is 2.83 bits per heavy atom. The summed E-state index contributed by atoms with van der Waals surface area (Å²) in [6.45, 7) is 0.466. The minimum atomic E-state index is -0.582. The Morgan fingerprint density at radius 1 is 1.29 bits per heavy atom. The van der Waals surface area contributed by atoms with Crippen LogP contribution in [0.4, 0.5) is 10.1 Å². The van der Waals surface area contributed by atoms with Gasteiger partial charge in [-0.15, -0.1) is 0 Å². The van der Waals surface area contributed by atoms with Gasteiger partial charge in [0.2, 0.25) is 0 Å². The van der Waals surface area contributed by atoms with E-state index in [4.69, 9.17) is 4.74 Å². The van der Waals surface area contributed by atoms with Crippen LogP contribution >= 0.6 is 0 Å². The number of aromatic nitrogens is 3. The van der Waals surface area contributed by atoms with Crippen LogP contribution < -0.4 is 10.1 Å². The second-order valence-corrected chi connectivity index (χ2v) is 5.05. The van der Waals surface area contributed by atoms with Crippen molar-refractivity contribution in [3.05, 3.63) is 72.1 Å². The molecule has 0 unspecified atom stereocenters. The van der Waals surface area contributed by atoms with Crippen molar-refractivity contribution in [2.24, 2.45) is 0 Å². The summed E-state index contributed by atoms with van der Waals surface area (Å²) >= 11 is 0. The molecule has 0 aliphatic carbocycles. The van der Waals surface area contributed by atoms with Gasteiger partial charge in [-0.3, -0.25) is 4.79 Å². The maximum Gasteiger partial charge on any atom is 0.255 e. The van der Waals surface area contributed by atoms with Crippen molar-refractivity contribution < 1.29 is 13.9 Å². The highest BCUT2D eigenvalue weighted by Gasteiger charge is 2.12. The molecule has 0 aliphatic rings. The molecule has 0 spiro atoms. The van der Waals surface area contributed by atoms with E-state index in [1.165, 1.54) is 25.6 Å². The summed E-state index contributed by atoms with van der Waals surface area (Å²) in [4.78, 5) is 16.3. The summed E-state index contributed by atoms with van der Waals surface area (Å²) in [5, 5.41) is 6.85. The number of rotatable bonds is 5. The van der Waals surface area contributed by atoms with Gasteiger partial charge in [0.15, 0.2) is 11.6 Å². The van der Waals surface area contributed by atoms with E-state index in [-0.39, 0.29) is 11.3 Å². The molecule has 0 bridgehead atoms. The molecule has 3 aromatic rings. The first-order valence-electron chi connectivity index (χ1n) is 7.22. The normalized spacial score (nSPS) is 10.4. The lowest BCUT2D eigenvalue weighted by atomic mass is 10.1. The third-order valence-electron chi connectivity index (χ3n) is 3.48. The lowest BCUT2D eigenvalue weighted by molar-refractivity contribution is 0.102. The average molecular weight is 326 g/mol. The number of carbonyl (C=O) groups is 1. The van der Waals surface area contributed by atoms with Crippen molar-refractivity contribution in [1.29, 1.82) is 0 Å². The van der Waals surface area contributed by atoms with Gasteiger partial charge >= 0.3 is 0 Å². The van der Waals surface area contributed by atoms with Crippen LogP contribution in [0.3, 0.4) is 0 Å². The number of nitrogens with zero attached hydrogens (tertiary/aromatic N) is 3. The highest BCUT2D eigenvalue weighted by molar-refractivity contribution is 6.04. The standard InChI is InChI=1S/C17H15FN4O2/c1-24-16-7-6-12(8-14(16)18)17(23)21-15-5-3-2-4-13(15)9-22-11-19-10-20-22/h2-8,10-11H,9H2,1H3,(H,21,23). The van der Waals surface area contributed by atoms with Crippen LogP contribution in [0.5, 0.6) is 5.75 Å². The first-order chi connectivity index (χ1) is 11.7. The third kappa shape index (κ3) is 3.40. The second-order valence-electron chi connectivity index (χ2n) is 5.05. The summed E-state index contributed by atoms with van der Waals surface area (Å²) < 4.78 is 20.3. The highest BCUT2D eigenvalue weighted by atomic mass is 19.1. The first kappa shape index (κ1) is 15.7. The van der Waals surface area contributed by atoms with Gasteiger partial charge in [0.05, 0.1) is 13.7 Å². The molecule has 122 valence electrons. The summed E-state index contributed by atoms with van der Waals surface area (Å²) in [6, 6.07) is 11.4. The summed E-state index contributed by atoms with van der Waals surface area (Å²) in [6.07, 6.45) is 3.04. The molecule has 1 heterocycles. The Labute approximate surface area is 137 Å². The average Bonchev–Trinajstić information content (AvgIpc) is 3.09. The highest BCUT2D eigenvalue weighted by Crippen LogP contribution is 2.20. The van der Waals surface area contributed by atoms with E-state index < -0.39 is 11.7 Å². The molecule has 0 saturated heterocycles. The molecule has 1 N–H and O–H groups in total. The van der Waals surface area contributed by atoms with Crippen molar-refractivity contribution in [2.75, 3.05) is 12.4 Å². The van der Waals surface area contributed by atoms with E-state index in [2.05, 4.69) is 15.4 Å². The zero-order valence-corrected chi connectivity index (χ0v) is 12.9. The van der Waals surface area contributed by atoms with E-state index >= 15 is 0 Å². The van der Waals surface area contributed by atoms with Crippen LogP contribution in [-0.4, -0.2) is 27.8 Å². The molecule has 1 aromatic heterocycles. The molecule has 0 fully saturated rings. The van der Waals surface area contributed by atoms with Crippen molar-refractivity contribution >= 4 is 11.6 Å². The van der Waals surface area contributed by atoms with Crippen molar-refractivity contribution in [3.8, 4) is 5.75 Å². The van der Waals surface area contributed by atoms with E-state index in [9.17, 15) is 9.18 Å². The molecule has 0 radical (unpaired) electrons. The van der Waals surface area contributed by atoms with Crippen LogP contribution in [0, 0.1) is 5.82 Å². The largest absolute Gasteiger partial charge is 0.494 e. The fourth-order valence-electron chi connectivity index (χ4n) is 2.27. The Balaban J connectivity index is 1.80. The summed E-state index contributed by atoms with van der Waals surface area (Å²) in [5.41, 5.74) is 1.71. The Kier molecular flexibility index (Phi) is 4.51. The smallest absolute Gasteiger partial charge is 0.255 e. The zero-order chi connectivity index (χ0) is 16.9. The van der Waals surface area contributed by atoms with Gasteiger partial charge < -0.3 is 10.1 Å². The van der Waals surface area contributed by atoms with E-state index in [0.717, 1.165) is 11.6 Å². The van der Waals surface area contributed by atoms with Gasteiger partial charge in [0, 0.05) is 11.3 Å². The molecule has 2 aromatic carbocycles. The molecule has 24 heavy (non-hydrogen) atoms. The molecule has 0 atom stereocenters. The Morgan fingerprint density at radius 2 is 2.12 bits per heavy atom. The molecule has 3 rings (SSSR count). The number of para-hydroxylation sites is 1. The fraction of sp³-hybridized carbons (Fsp3) is 0.118. The molecule has 0 saturated carbocycles. The van der Waals surface area contributed by atoms with Gasteiger partial charge in [0.1, 0.15) is 12.7 Å². The zero-order valence-electron chi connectivity index (χ0n) is 12.9. The number of hydrogen-bond acceptors (Lipinski definition) is 4.